The largest absolute Gasteiger partial charge is 0.331 e. The van der Waals surface area contributed by atoms with Crippen molar-refractivity contribution in [2.45, 2.75) is 31.6 Å². The molecule has 0 aliphatic carbocycles. The monoisotopic (exact) mass is 418 g/mol. The van der Waals surface area contributed by atoms with Gasteiger partial charge in [-0.3, -0.25) is 5.43 Å². The molecule has 2 rings (SSSR count). The third kappa shape index (κ3) is 5.60. The standard InChI is InChI=1S/C20H26N4O2S2/c1-14(2)16-6-10-18(11-7-16)21-20(27)23-22-15(3)17-8-12-19(13-9-17)28(25,26)24(4)5/h6-14H,1-5H3,(H2,21,23,27)/b22-15-. The van der Waals surface area contributed by atoms with E-state index in [9.17, 15) is 8.42 Å². The lowest BCUT2D eigenvalue weighted by Gasteiger charge is -2.12. The molecule has 0 amide bonds. The highest BCUT2D eigenvalue weighted by molar-refractivity contribution is 7.89. The van der Waals surface area contributed by atoms with Gasteiger partial charge in [0.05, 0.1) is 10.6 Å². The van der Waals surface area contributed by atoms with E-state index in [1.54, 1.807) is 24.3 Å². The zero-order chi connectivity index (χ0) is 20.9. The number of hydrogen-bond acceptors (Lipinski definition) is 4. The summed E-state index contributed by atoms with van der Waals surface area (Å²) < 4.78 is 25.4. The van der Waals surface area contributed by atoms with E-state index in [2.05, 4.69) is 41.8 Å². The summed E-state index contributed by atoms with van der Waals surface area (Å²) in [5, 5.41) is 7.73. The summed E-state index contributed by atoms with van der Waals surface area (Å²) in [7, 11) is -0.433. The van der Waals surface area contributed by atoms with Gasteiger partial charge in [0, 0.05) is 19.8 Å². The Kier molecular flexibility index (Phi) is 7.29. The van der Waals surface area contributed by atoms with Gasteiger partial charge in [-0.25, -0.2) is 12.7 Å². The quantitative estimate of drug-likeness (QED) is 0.424. The summed E-state index contributed by atoms with van der Waals surface area (Å²) in [6.45, 7) is 6.12. The SMILES string of the molecule is C/C(=N/NC(=S)Nc1ccc(C(C)C)cc1)c1ccc(S(=O)(=O)N(C)C)cc1. The highest BCUT2D eigenvalue weighted by Gasteiger charge is 2.16. The van der Waals surface area contributed by atoms with Crippen LogP contribution in [0.1, 0.15) is 37.8 Å². The fraction of sp³-hybridized carbons (Fsp3) is 0.300. The molecule has 0 bridgehead atoms. The second kappa shape index (κ2) is 9.27. The fourth-order valence-corrected chi connectivity index (χ4v) is 3.45. The van der Waals surface area contributed by atoms with Crippen LogP contribution in [0.3, 0.4) is 0 Å². The van der Waals surface area contributed by atoms with Gasteiger partial charge in [0.25, 0.3) is 0 Å². The van der Waals surface area contributed by atoms with Crippen molar-refractivity contribution >= 4 is 38.8 Å². The molecule has 0 saturated carbocycles. The summed E-state index contributed by atoms with van der Waals surface area (Å²) in [6.07, 6.45) is 0. The molecule has 0 unspecified atom stereocenters. The topological polar surface area (TPSA) is 73.8 Å². The lowest BCUT2D eigenvalue weighted by atomic mass is 10.0. The van der Waals surface area contributed by atoms with Crippen LogP contribution >= 0.6 is 12.2 Å². The van der Waals surface area contributed by atoms with Crippen LogP contribution in [0.5, 0.6) is 0 Å². The number of nitrogens with one attached hydrogen (secondary N) is 2. The first kappa shape index (κ1) is 22.0. The second-order valence-corrected chi connectivity index (χ2v) is 9.41. The molecule has 2 aromatic rings. The van der Waals surface area contributed by atoms with Crippen molar-refractivity contribution in [2.24, 2.45) is 5.10 Å². The second-order valence-electron chi connectivity index (χ2n) is 6.85. The Morgan fingerprint density at radius 1 is 1.04 bits per heavy atom. The molecule has 0 saturated heterocycles. The minimum Gasteiger partial charge on any atom is -0.331 e. The number of sulfonamides is 1. The first-order valence-electron chi connectivity index (χ1n) is 8.85. The Balaban J connectivity index is 2.00. The molecule has 6 nitrogen and oxygen atoms in total. The van der Waals surface area contributed by atoms with Crippen LogP contribution in [0.15, 0.2) is 58.5 Å². The lowest BCUT2D eigenvalue weighted by Crippen LogP contribution is -2.25. The molecule has 0 aromatic heterocycles. The maximum atomic E-state index is 12.1. The first-order valence-corrected chi connectivity index (χ1v) is 10.7. The van der Waals surface area contributed by atoms with Gasteiger partial charge in [0.1, 0.15) is 0 Å². The number of hydrazone groups is 1. The van der Waals surface area contributed by atoms with Crippen LogP contribution in [-0.2, 0) is 10.0 Å². The van der Waals surface area contributed by atoms with Crippen LogP contribution < -0.4 is 10.7 Å². The normalized spacial score (nSPS) is 12.3. The van der Waals surface area contributed by atoms with E-state index in [-0.39, 0.29) is 4.90 Å². The Morgan fingerprint density at radius 3 is 2.11 bits per heavy atom. The van der Waals surface area contributed by atoms with Crippen LogP contribution in [0.2, 0.25) is 0 Å². The molecular formula is C20H26N4O2S2. The molecule has 2 aromatic carbocycles. The maximum Gasteiger partial charge on any atom is 0.242 e. The highest BCUT2D eigenvalue weighted by Crippen LogP contribution is 2.17. The zero-order valence-electron chi connectivity index (χ0n) is 16.7. The van der Waals surface area contributed by atoms with Crippen molar-refractivity contribution in [1.29, 1.82) is 0 Å². The number of benzene rings is 2. The molecule has 0 atom stereocenters. The Hall–Kier alpha value is -2.29. The molecule has 0 spiro atoms. The van der Waals surface area contributed by atoms with Crippen LogP contribution in [0.4, 0.5) is 5.69 Å². The van der Waals surface area contributed by atoms with Gasteiger partial charge < -0.3 is 5.32 Å². The number of thiocarbonyl (C=S) groups is 1. The average Bonchev–Trinajstić information content (AvgIpc) is 2.66. The van der Waals surface area contributed by atoms with Gasteiger partial charge in [-0.15, -0.1) is 0 Å². The molecule has 0 aliphatic heterocycles. The summed E-state index contributed by atoms with van der Waals surface area (Å²) in [6, 6.07) is 14.7. The van der Waals surface area contributed by atoms with Gasteiger partial charge >= 0.3 is 0 Å². The van der Waals surface area contributed by atoms with Crippen LogP contribution in [0.25, 0.3) is 0 Å². The van der Waals surface area contributed by atoms with E-state index in [0.717, 1.165) is 11.3 Å². The smallest absolute Gasteiger partial charge is 0.242 e. The van der Waals surface area contributed by atoms with Crippen molar-refractivity contribution in [1.82, 2.24) is 9.73 Å². The molecule has 0 radical (unpaired) electrons. The molecule has 2 N–H and O–H groups in total. The molecule has 0 fully saturated rings. The van der Waals surface area contributed by atoms with Gasteiger partial charge in [-0.1, -0.05) is 38.1 Å². The summed E-state index contributed by atoms with van der Waals surface area (Å²) in [4.78, 5) is 0.240. The molecule has 8 heteroatoms. The third-order valence-corrected chi connectivity index (χ3v) is 6.23. The zero-order valence-corrected chi connectivity index (χ0v) is 18.4. The average molecular weight is 419 g/mol. The molecular weight excluding hydrogens is 392 g/mol. The first-order chi connectivity index (χ1) is 13.1. The number of rotatable bonds is 6. The third-order valence-electron chi connectivity index (χ3n) is 4.21. The van der Waals surface area contributed by atoms with Crippen molar-refractivity contribution in [3.63, 3.8) is 0 Å². The Morgan fingerprint density at radius 2 is 1.61 bits per heavy atom. The summed E-state index contributed by atoms with van der Waals surface area (Å²) >= 11 is 5.27. The predicted octanol–water partition coefficient (Wildman–Crippen LogP) is 3.77. The number of hydrogen-bond donors (Lipinski definition) is 2. The number of anilines is 1. The molecule has 0 aliphatic rings. The minimum atomic E-state index is -3.44. The van der Waals surface area contributed by atoms with Gasteiger partial charge in [0.15, 0.2) is 5.11 Å². The van der Waals surface area contributed by atoms with Gasteiger partial charge in [-0.2, -0.15) is 5.10 Å². The summed E-state index contributed by atoms with van der Waals surface area (Å²) in [5.74, 6) is 0.477. The van der Waals surface area contributed by atoms with E-state index < -0.39 is 10.0 Å². The molecule has 28 heavy (non-hydrogen) atoms. The minimum absolute atomic E-state index is 0.240. The maximum absolute atomic E-state index is 12.1. The highest BCUT2D eigenvalue weighted by atomic mass is 32.2. The number of nitrogens with zero attached hydrogens (tertiary/aromatic N) is 2. The van der Waals surface area contributed by atoms with Crippen LogP contribution in [0, 0.1) is 0 Å². The Labute approximate surface area is 172 Å². The van der Waals surface area contributed by atoms with E-state index >= 15 is 0 Å². The van der Waals surface area contributed by atoms with Crippen molar-refractivity contribution < 1.29 is 8.42 Å². The molecule has 0 heterocycles. The fourth-order valence-electron chi connectivity index (χ4n) is 2.39. The Bertz CT molecular complexity index is 949. The van der Waals surface area contributed by atoms with Crippen molar-refractivity contribution in [3.05, 3.63) is 59.7 Å². The lowest BCUT2D eigenvalue weighted by molar-refractivity contribution is 0.521. The van der Waals surface area contributed by atoms with Gasteiger partial charge in [-0.05, 0) is 60.5 Å². The predicted molar refractivity (Wildman–Crippen MR) is 119 cm³/mol. The van der Waals surface area contributed by atoms with E-state index in [0.29, 0.717) is 16.7 Å². The van der Waals surface area contributed by atoms with E-state index in [1.807, 2.05) is 19.1 Å². The van der Waals surface area contributed by atoms with E-state index in [4.69, 9.17) is 12.2 Å². The summed E-state index contributed by atoms with van der Waals surface area (Å²) in [5.41, 5.74) is 6.44. The van der Waals surface area contributed by atoms with Crippen LogP contribution in [-0.4, -0.2) is 37.6 Å². The van der Waals surface area contributed by atoms with E-state index in [1.165, 1.54) is 24.0 Å². The van der Waals surface area contributed by atoms with Crippen molar-refractivity contribution in [2.75, 3.05) is 19.4 Å². The van der Waals surface area contributed by atoms with Gasteiger partial charge in [0.2, 0.25) is 10.0 Å². The molecule has 150 valence electrons. The van der Waals surface area contributed by atoms with Crippen molar-refractivity contribution in [3.8, 4) is 0 Å².